The van der Waals surface area contributed by atoms with Gasteiger partial charge in [-0.15, -0.1) is 22.7 Å². The minimum absolute atomic E-state index is 0.0188. The van der Waals surface area contributed by atoms with Crippen molar-refractivity contribution in [1.82, 2.24) is 15.2 Å². The molecule has 0 fully saturated rings. The monoisotopic (exact) mass is 361 g/mol. The maximum atomic E-state index is 12.2. The number of rotatable bonds is 7. The van der Waals surface area contributed by atoms with Gasteiger partial charge in [-0.2, -0.15) is 0 Å². The van der Waals surface area contributed by atoms with E-state index in [1.807, 2.05) is 37.7 Å². The Morgan fingerprint density at radius 3 is 2.88 bits per heavy atom. The summed E-state index contributed by atoms with van der Waals surface area (Å²) in [5.41, 5.74) is 0.765. The molecule has 3 aromatic heterocycles. The topological polar surface area (TPSA) is 58.4 Å². The van der Waals surface area contributed by atoms with Gasteiger partial charge in [0.1, 0.15) is 0 Å². The number of thiophene rings is 1. The summed E-state index contributed by atoms with van der Waals surface area (Å²) in [6, 6.07) is 8.00. The van der Waals surface area contributed by atoms with Gasteiger partial charge in [0.15, 0.2) is 10.8 Å². The zero-order chi connectivity index (χ0) is 16.9. The molecule has 0 aliphatic carbocycles. The number of hydrogen-bond acceptors (Lipinski definition) is 6. The molecule has 0 bridgehead atoms. The van der Waals surface area contributed by atoms with Crippen molar-refractivity contribution in [2.75, 3.05) is 20.6 Å². The van der Waals surface area contributed by atoms with Crippen LogP contribution in [0.15, 0.2) is 45.7 Å². The molecule has 0 spiro atoms. The molecule has 126 valence electrons. The molecule has 0 aromatic carbocycles. The Balaban J connectivity index is 1.56. The van der Waals surface area contributed by atoms with Gasteiger partial charge in [-0.3, -0.25) is 4.79 Å². The summed E-state index contributed by atoms with van der Waals surface area (Å²) in [7, 11) is 4.04. The maximum Gasteiger partial charge on any atom is 0.226 e. The fourth-order valence-corrected chi connectivity index (χ4v) is 4.07. The molecule has 3 rings (SSSR count). The lowest BCUT2D eigenvalue weighted by molar-refractivity contribution is -0.120. The molecular weight excluding hydrogens is 342 g/mol. The Hall–Kier alpha value is -1.96. The molecule has 0 unspecified atom stereocenters. The zero-order valence-electron chi connectivity index (χ0n) is 13.6. The van der Waals surface area contributed by atoms with Crippen LogP contribution in [-0.4, -0.2) is 36.4 Å². The second-order valence-electron chi connectivity index (χ2n) is 5.60. The summed E-state index contributed by atoms with van der Waals surface area (Å²) >= 11 is 3.19. The number of hydrogen-bond donors (Lipinski definition) is 1. The number of furan rings is 1. The van der Waals surface area contributed by atoms with Crippen molar-refractivity contribution in [2.45, 2.75) is 12.5 Å². The van der Waals surface area contributed by atoms with E-state index in [1.54, 1.807) is 17.6 Å². The van der Waals surface area contributed by atoms with Crippen LogP contribution < -0.4 is 5.32 Å². The smallest absolute Gasteiger partial charge is 0.226 e. The number of carbonyl (C=O) groups is 1. The lowest BCUT2D eigenvalue weighted by atomic mass is 10.2. The van der Waals surface area contributed by atoms with Crippen molar-refractivity contribution in [3.8, 4) is 10.8 Å². The number of nitrogens with one attached hydrogen (secondary N) is 1. The van der Waals surface area contributed by atoms with Gasteiger partial charge >= 0.3 is 0 Å². The molecular formula is C17H19N3O2S2. The molecule has 0 saturated heterocycles. The first kappa shape index (κ1) is 16.9. The zero-order valence-corrected chi connectivity index (χ0v) is 15.2. The van der Waals surface area contributed by atoms with Crippen LogP contribution >= 0.6 is 22.7 Å². The number of aromatic nitrogens is 1. The Bertz CT molecular complexity index is 764. The first-order valence-corrected chi connectivity index (χ1v) is 9.34. The van der Waals surface area contributed by atoms with E-state index in [2.05, 4.69) is 26.6 Å². The van der Waals surface area contributed by atoms with Crippen molar-refractivity contribution in [1.29, 1.82) is 0 Å². The normalized spacial score (nSPS) is 12.5. The van der Waals surface area contributed by atoms with E-state index < -0.39 is 0 Å². The van der Waals surface area contributed by atoms with Gasteiger partial charge in [-0.25, -0.2) is 4.98 Å². The lowest BCUT2D eigenvalue weighted by Crippen LogP contribution is -2.34. The Morgan fingerprint density at radius 2 is 2.21 bits per heavy atom. The van der Waals surface area contributed by atoms with Gasteiger partial charge in [0.2, 0.25) is 5.91 Å². The molecule has 3 aromatic rings. The standard InChI is InChI=1S/C17H19N3O2S2/c1-20(2)13(15-6-4-8-23-15)10-18-16(21)9-12-11-24-17(19-12)14-5-3-7-22-14/h3-8,11,13H,9-10H2,1-2H3,(H,18,21)/t13-/m1/s1. The number of thiazole rings is 1. The van der Waals surface area contributed by atoms with E-state index in [9.17, 15) is 4.79 Å². The highest BCUT2D eigenvalue weighted by molar-refractivity contribution is 7.13. The van der Waals surface area contributed by atoms with Crippen LogP contribution in [-0.2, 0) is 11.2 Å². The SMILES string of the molecule is CN(C)[C@H](CNC(=O)Cc1csc(-c2ccco2)n1)c1cccs1. The van der Waals surface area contributed by atoms with Crippen molar-refractivity contribution in [3.63, 3.8) is 0 Å². The van der Waals surface area contributed by atoms with Crippen molar-refractivity contribution >= 4 is 28.6 Å². The average Bonchev–Trinajstić information content (AvgIpc) is 3.29. The predicted octanol–water partition coefficient (Wildman–Crippen LogP) is 3.43. The fraction of sp³-hybridized carbons (Fsp3) is 0.294. The van der Waals surface area contributed by atoms with E-state index in [0.29, 0.717) is 6.54 Å². The first-order chi connectivity index (χ1) is 11.6. The Labute approximate surface area is 149 Å². The van der Waals surface area contributed by atoms with Crippen LogP contribution in [0.3, 0.4) is 0 Å². The lowest BCUT2D eigenvalue weighted by Gasteiger charge is -2.23. The highest BCUT2D eigenvalue weighted by Gasteiger charge is 2.17. The van der Waals surface area contributed by atoms with Crippen LogP contribution in [0.4, 0.5) is 0 Å². The van der Waals surface area contributed by atoms with Crippen LogP contribution in [0.1, 0.15) is 16.6 Å². The predicted molar refractivity (Wildman–Crippen MR) is 97.3 cm³/mol. The molecule has 0 saturated carbocycles. The molecule has 3 heterocycles. The van der Waals surface area contributed by atoms with E-state index in [-0.39, 0.29) is 18.4 Å². The third-order valence-electron chi connectivity index (χ3n) is 3.61. The molecule has 1 amide bonds. The Kier molecular flexibility index (Phi) is 5.44. The number of likely N-dealkylation sites (N-methyl/N-ethyl adjacent to an activating group) is 1. The van der Waals surface area contributed by atoms with Gasteiger partial charge in [-0.1, -0.05) is 6.07 Å². The number of carbonyl (C=O) groups excluding carboxylic acids is 1. The fourth-order valence-electron chi connectivity index (χ4n) is 2.36. The maximum absolute atomic E-state index is 12.2. The summed E-state index contributed by atoms with van der Waals surface area (Å²) in [4.78, 5) is 20.0. The molecule has 0 aliphatic rings. The van der Waals surface area contributed by atoms with Crippen molar-refractivity contribution in [2.24, 2.45) is 0 Å². The number of nitrogens with zero attached hydrogens (tertiary/aromatic N) is 2. The largest absolute Gasteiger partial charge is 0.462 e. The summed E-state index contributed by atoms with van der Waals surface area (Å²) < 4.78 is 5.33. The molecule has 0 radical (unpaired) electrons. The number of amides is 1. The summed E-state index contributed by atoms with van der Waals surface area (Å²) in [6.07, 6.45) is 1.90. The molecule has 0 aliphatic heterocycles. The molecule has 1 N–H and O–H groups in total. The summed E-state index contributed by atoms with van der Waals surface area (Å²) in [5, 5.41) is 7.77. The third-order valence-corrected chi connectivity index (χ3v) is 5.49. The average molecular weight is 361 g/mol. The van der Waals surface area contributed by atoms with Gasteiger partial charge in [0, 0.05) is 16.8 Å². The van der Waals surface area contributed by atoms with Gasteiger partial charge in [0.25, 0.3) is 0 Å². The highest BCUT2D eigenvalue weighted by atomic mass is 32.1. The van der Waals surface area contributed by atoms with Crippen LogP contribution in [0.2, 0.25) is 0 Å². The Morgan fingerprint density at radius 1 is 1.33 bits per heavy atom. The first-order valence-electron chi connectivity index (χ1n) is 7.58. The molecule has 1 atom stereocenters. The van der Waals surface area contributed by atoms with Crippen molar-refractivity contribution in [3.05, 3.63) is 51.9 Å². The van der Waals surface area contributed by atoms with Gasteiger partial charge in [0.05, 0.1) is 24.4 Å². The minimum Gasteiger partial charge on any atom is -0.462 e. The van der Waals surface area contributed by atoms with E-state index in [4.69, 9.17) is 4.42 Å². The van der Waals surface area contributed by atoms with E-state index in [1.165, 1.54) is 16.2 Å². The molecule has 24 heavy (non-hydrogen) atoms. The second-order valence-corrected chi connectivity index (χ2v) is 7.43. The second kappa shape index (κ2) is 7.74. The van der Waals surface area contributed by atoms with Crippen LogP contribution in [0.5, 0.6) is 0 Å². The summed E-state index contributed by atoms with van der Waals surface area (Å²) in [5.74, 6) is 0.715. The third kappa shape index (κ3) is 4.11. The van der Waals surface area contributed by atoms with Gasteiger partial charge < -0.3 is 14.6 Å². The summed E-state index contributed by atoms with van der Waals surface area (Å²) in [6.45, 7) is 0.585. The van der Waals surface area contributed by atoms with Crippen molar-refractivity contribution < 1.29 is 9.21 Å². The van der Waals surface area contributed by atoms with E-state index in [0.717, 1.165) is 16.5 Å². The minimum atomic E-state index is -0.0188. The van der Waals surface area contributed by atoms with Gasteiger partial charge in [-0.05, 0) is 37.7 Å². The van der Waals surface area contributed by atoms with E-state index >= 15 is 0 Å². The molecule has 7 heteroatoms. The quantitative estimate of drug-likeness (QED) is 0.700. The van der Waals surface area contributed by atoms with Crippen LogP contribution in [0.25, 0.3) is 10.8 Å². The molecule has 5 nitrogen and oxygen atoms in total. The highest BCUT2D eigenvalue weighted by Crippen LogP contribution is 2.24. The van der Waals surface area contributed by atoms with Crippen LogP contribution in [0, 0.1) is 0 Å².